The first kappa shape index (κ1) is 15.6. The topological polar surface area (TPSA) is 46.6 Å². The van der Waals surface area contributed by atoms with Gasteiger partial charge in [-0.15, -0.1) is 11.6 Å². The van der Waals surface area contributed by atoms with Crippen molar-refractivity contribution in [2.75, 3.05) is 12.4 Å². The number of likely N-dealkylation sites (tertiary alicyclic amines) is 1. The van der Waals surface area contributed by atoms with Crippen LogP contribution < -0.4 is 0 Å². The summed E-state index contributed by atoms with van der Waals surface area (Å²) in [5, 5.41) is 0. The molecule has 5 heteroatoms. The van der Waals surface area contributed by atoms with Crippen molar-refractivity contribution in [3.8, 4) is 0 Å². The normalized spacial score (nSPS) is 25.2. The van der Waals surface area contributed by atoms with Gasteiger partial charge in [0.1, 0.15) is 5.60 Å². The number of carbonyl (C=O) groups is 2. The second-order valence-corrected chi connectivity index (χ2v) is 7.40. The minimum absolute atomic E-state index is 0.0416. The highest BCUT2D eigenvalue weighted by atomic mass is 35.5. The Labute approximate surface area is 125 Å². The molecule has 1 heterocycles. The number of rotatable bonds is 2. The molecule has 1 unspecified atom stereocenters. The summed E-state index contributed by atoms with van der Waals surface area (Å²) in [4.78, 5) is 26.0. The van der Waals surface area contributed by atoms with E-state index in [1.807, 2.05) is 20.8 Å². The van der Waals surface area contributed by atoms with Crippen molar-refractivity contribution in [2.24, 2.45) is 5.41 Å². The van der Waals surface area contributed by atoms with E-state index in [0.717, 1.165) is 19.3 Å². The zero-order valence-corrected chi connectivity index (χ0v) is 13.3. The van der Waals surface area contributed by atoms with Crippen molar-refractivity contribution < 1.29 is 14.3 Å². The highest BCUT2D eigenvalue weighted by Crippen LogP contribution is 2.48. The molecule has 0 aromatic heterocycles. The molecule has 1 spiro atoms. The van der Waals surface area contributed by atoms with E-state index in [-0.39, 0.29) is 23.2 Å². The van der Waals surface area contributed by atoms with Crippen LogP contribution in [0.15, 0.2) is 0 Å². The van der Waals surface area contributed by atoms with E-state index in [4.69, 9.17) is 16.3 Å². The van der Waals surface area contributed by atoms with E-state index in [2.05, 4.69) is 0 Å². The van der Waals surface area contributed by atoms with Crippen molar-refractivity contribution in [1.29, 1.82) is 0 Å². The van der Waals surface area contributed by atoms with Gasteiger partial charge in [-0.1, -0.05) is 12.8 Å². The van der Waals surface area contributed by atoms with Crippen LogP contribution in [-0.4, -0.2) is 40.8 Å². The zero-order valence-electron chi connectivity index (χ0n) is 12.6. The second kappa shape index (κ2) is 5.55. The summed E-state index contributed by atoms with van der Waals surface area (Å²) in [7, 11) is 0. The fraction of sp³-hybridized carbons (Fsp3) is 0.867. The predicted molar refractivity (Wildman–Crippen MR) is 78.0 cm³/mol. The van der Waals surface area contributed by atoms with E-state index in [1.165, 1.54) is 12.8 Å². The monoisotopic (exact) mass is 301 g/mol. The van der Waals surface area contributed by atoms with Crippen molar-refractivity contribution in [2.45, 2.75) is 64.5 Å². The average molecular weight is 302 g/mol. The lowest BCUT2D eigenvalue weighted by atomic mass is 9.83. The number of amides is 1. The summed E-state index contributed by atoms with van der Waals surface area (Å²) in [6.45, 7) is 6.15. The molecule has 1 atom stereocenters. The molecule has 0 aromatic rings. The van der Waals surface area contributed by atoms with Gasteiger partial charge in [-0.3, -0.25) is 9.69 Å². The van der Waals surface area contributed by atoms with Crippen molar-refractivity contribution in [1.82, 2.24) is 4.90 Å². The van der Waals surface area contributed by atoms with Crippen LogP contribution >= 0.6 is 11.6 Å². The predicted octanol–water partition coefficient (Wildman–Crippen LogP) is 3.36. The summed E-state index contributed by atoms with van der Waals surface area (Å²) in [5.74, 6) is -0.110. The van der Waals surface area contributed by atoms with E-state index in [1.54, 1.807) is 4.90 Å². The molecule has 1 saturated heterocycles. The minimum Gasteiger partial charge on any atom is -0.444 e. The summed E-state index contributed by atoms with van der Waals surface area (Å²) in [5.41, 5.74) is -0.430. The van der Waals surface area contributed by atoms with Crippen LogP contribution in [0.2, 0.25) is 0 Å². The molecule has 2 rings (SSSR count). The number of hydrogen-bond acceptors (Lipinski definition) is 3. The molecular weight excluding hydrogens is 278 g/mol. The van der Waals surface area contributed by atoms with Gasteiger partial charge in [-0.2, -0.15) is 0 Å². The van der Waals surface area contributed by atoms with Crippen molar-refractivity contribution >= 4 is 23.5 Å². The fourth-order valence-corrected chi connectivity index (χ4v) is 3.61. The van der Waals surface area contributed by atoms with Gasteiger partial charge in [0.05, 0.1) is 11.9 Å². The van der Waals surface area contributed by atoms with Crippen LogP contribution in [0.25, 0.3) is 0 Å². The second-order valence-electron chi connectivity index (χ2n) is 7.14. The average Bonchev–Trinajstić information content (AvgIpc) is 2.94. The summed E-state index contributed by atoms with van der Waals surface area (Å²) in [6, 6.07) is -0.402. The lowest BCUT2D eigenvalue weighted by Gasteiger charge is -2.28. The van der Waals surface area contributed by atoms with Gasteiger partial charge < -0.3 is 4.74 Å². The highest BCUT2D eigenvalue weighted by Gasteiger charge is 2.50. The number of alkyl halides is 1. The molecule has 0 radical (unpaired) electrons. The van der Waals surface area contributed by atoms with Crippen LogP contribution in [-0.2, 0) is 9.53 Å². The van der Waals surface area contributed by atoms with Crippen molar-refractivity contribution in [3.63, 3.8) is 0 Å². The van der Waals surface area contributed by atoms with Gasteiger partial charge in [-0.25, -0.2) is 4.79 Å². The third kappa shape index (κ3) is 3.27. The molecule has 4 nitrogen and oxygen atoms in total. The Morgan fingerprint density at radius 2 is 1.90 bits per heavy atom. The first-order valence-electron chi connectivity index (χ1n) is 7.35. The van der Waals surface area contributed by atoms with Crippen LogP contribution in [0.5, 0.6) is 0 Å². The molecule has 0 aromatic carbocycles. The first-order valence-corrected chi connectivity index (χ1v) is 7.88. The molecule has 2 aliphatic rings. The van der Waals surface area contributed by atoms with E-state index < -0.39 is 11.6 Å². The van der Waals surface area contributed by atoms with Gasteiger partial charge in [0, 0.05) is 6.54 Å². The maximum absolute atomic E-state index is 12.3. The molecule has 20 heavy (non-hydrogen) atoms. The largest absolute Gasteiger partial charge is 0.444 e. The molecule has 0 N–H and O–H groups in total. The molecular formula is C15H24ClNO3. The number of nitrogens with zero attached hydrogens (tertiary/aromatic N) is 1. The summed E-state index contributed by atoms with van der Waals surface area (Å²) >= 11 is 5.70. The number of halogens is 1. The highest BCUT2D eigenvalue weighted by molar-refractivity contribution is 6.28. The van der Waals surface area contributed by atoms with E-state index in [9.17, 15) is 9.59 Å². The maximum Gasteiger partial charge on any atom is 0.410 e. The number of ether oxygens (including phenoxy) is 1. The van der Waals surface area contributed by atoms with Gasteiger partial charge in [0.15, 0.2) is 5.78 Å². The van der Waals surface area contributed by atoms with Crippen LogP contribution in [0.3, 0.4) is 0 Å². The lowest BCUT2D eigenvalue weighted by molar-refractivity contribution is -0.121. The minimum atomic E-state index is -0.545. The van der Waals surface area contributed by atoms with Crippen LogP contribution in [0.1, 0.15) is 52.9 Å². The first-order chi connectivity index (χ1) is 9.26. The number of carbonyl (C=O) groups excluding carboxylic acids is 2. The molecule has 1 amide bonds. The van der Waals surface area contributed by atoms with Gasteiger partial charge >= 0.3 is 6.09 Å². The molecule has 1 saturated carbocycles. The van der Waals surface area contributed by atoms with Crippen molar-refractivity contribution in [3.05, 3.63) is 0 Å². The Morgan fingerprint density at radius 3 is 2.40 bits per heavy atom. The third-order valence-electron chi connectivity index (χ3n) is 4.30. The Balaban J connectivity index is 2.15. The molecule has 1 aliphatic heterocycles. The van der Waals surface area contributed by atoms with Crippen LogP contribution in [0, 0.1) is 5.41 Å². The number of hydrogen-bond donors (Lipinski definition) is 0. The molecule has 2 fully saturated rings. The molecule has 0 bridgehead atoms. The van der Waals surface area contributed by atoms with Gasteiger partial charge in [0.25, 0.3) is 0 Å². The molecule has 1 aliphatic carbocycles. The fourth-order valence-electron chi connectivity index (χ4n) is 3.43. The smallest absolute Gasteiger partial charge is 0.410 e. The van der Waals surface area contributed by atoms with Crippen LogP contribution in [0.4, 0.5) is 4.79 Å². The Kier molecular flexibility index (Phi) is 4.33. The Hall–Kier alpha value is -0.770. The summed E-state index contributed by atoms with van der Waals surface area (Å²) in [6.07, 6.45) is 4.92. The number of Topliss-reactive ketones (excluding diaryl/α,β-unsaturated/α-hetero) is 1. The van der Waals surface area contributed by atoms with E-state index >= 15 is 0 Å². The third-order valence-corrected chi connectivity index (χ3v) is 4.57. The maximum atomic E-state index is 12.3. The Morgan fingerprint density at radius 1 is 1.30 bits per heavy atom. The Bertz CT molecular complexity index is 396. The van der Waals surface area contributed by atoms with E-state index in [0.29, 0.717) is 6.54 Å². The SMILES string of the molecule is CC(C)(C)OC(=O)N1CC2(CCCC2)CC1C(=O)CCl. The van der Waals surface area contributed by atoms with Gasteiger partial charge in [0.2, 0.25) is 0 Å². The molecule has 114 valence electrons. The zero-order chi connectivity index (χ0) is 15.0. The quantitative estimate of drug-likeness (QED) is 0.735. The lowest BCUT2D eigenvalue weighted by Crippen LogP contribution is -2.44. The number of ketones is 1. The summed E-state index contributed by atoms with van der Waals surface area (Å²) < 4.78 is 5.44. The van der Waals surface area contributed by atoms with Gasteiger partial charge in [-0.05, 0) is 45.4 Å². The standard InChI is InChI=1S/C15H24ClNO3/c1-14(2,3)20-13(19)17-10-15(6-4-5-7-15)8-11(17)12(18)9-16/h11H,4-10H2,1-3H3.